The first-order valence-electron chi connectivity index (χ1n) is 6.10. The highest BCUT2D eigenvalue weighted by molar-refractivity contribution is 9.10. The Morgan fingerprint density at radius 3 is 2.67 bits per heavy atom. The molecule has 0 bridgehead atoms. The van der Waals surface area contributed by atoms with Gasteiger partial charge in [0.15, 0.2) is 5.78 Å². The van der Waals surface area contributed by atoms with E-state index in [1.54, 1.807) is 24.3 Å². The van der Waals surface area contributed by atoms with Gasteiger partial charge in [-0.1, -0.05) is 34.1 Å². The van der Waals surface area contributed by atoms with E-state index in [1.807, 2.05) is 6.07 Å². The minimum absolute atomic E-state index is 0.0648. The summed E-state index contributed by atoms with van der Waals surface area (Å²) in [5, 5.41) is 9.27. The highest BCUT2D eigenvalue weighted by atomic mass is 79.9. The number of benzene rings is 2. The van der Waals surface area contributed by atoms with Gasteiger partial charge in [0.1, 0.15) is 17.5 Å². The van der Waals surface area contributed by atoms with Gasteiger partial charge in [-0.3, -0.25) is 4.79 Å². The molecule has 0 saturated carbocycles. The summed E-state index contributed by atoms with van der Waals surface area (Å²) in [7, 11) is 1.43. The van der Waals surface area contributed by atoms with Crippen molar-refractivity contribution in [1.82, 2.24) is 0 Å². The molecule has 3 nitrogen and oxygen atoms in total. The third-order valence-corrected chi connectivity index (χ3v) is 3.53. The van der Waals surface area contributed by atoms with Crippen LogP contribution in [0.3, 0.4) is 0 Å². The number of carbonyl (C=O) groups is 1. The van der Waals surface area contributed by atoms with E-state index in [2.05, 4.69) is 15.9 Å². The summed E-state index contributed by atoms with van der Waals surface area (Å²) in [5.74, 6) is -1.94. The minimum atomic E-state index is -1.21. The largest absolute Gasteiger partial charge is 0.496 e. The maximum Gasteiger partial charge on any atom is 0.188 e. The Kier molecular flexibility index (Phi) is 4.71. The zero-order chi connectivity index (χ0) is 15.4. The van der Waals surface area contributed by atoms with Gasteiger partial charge in [0.2, 0.25) is 0 Å². The molecule has 0 amide bonds. The number of hydrogen-bond acceptors (Lipinski definition) is 3. The molecule has 21 heavy (non-hydrogen) atoms. The lowest BCUT2D eigenvalue weighted by Crippen LogP contribution is -2.14. The van der Waals surface area contributed by atoms with Crippen LogP contribution in [-0.2, 0) is 0 Å². The summed E-state index contributed by atoms with van der Waals surface area (Å²) in [6, 6.07) is 12.5. The van der Waals surface area contributed by atoms with E-state index in [0.717, 1.165) is 4.47 Å². The molecule has 0 aromatic heterocycles. The molecule has 1 unspecified atom stereocenters. The van der Waals surface area contributed by atoms with Crippen molar-refractivity contribution in [3.8, 4) is 11.8 Å². The van der Waals surface area contributed by atoms with Gasteiger partial charge >= 0.3 is 0 Å². The molecule has 1 atom stereocenters. The predicted molar refractivity (Wildman–Crippen MR) is 79.8 cm³/mol. The van der Waals surface area contributed by atoms with E-state index in [4.69, 9.17) is 4.74 Å². The van der Waals surface area contributed by atoms with Crippen molar-refractivity contribution in [3.05, 3.63) is 63.9 Å². The topological polar surface area (TPSA) is 50.1 Å². The minimum Gasteiger partial charge on any atom is -0.496 e. The van der Waals surface area contributed by atoms with Crippen LogP contribution in [0.25, 0.3) is 0 Å². The van der Waals surface area contributed by atoms with Gasteiger partial charge in [0.25, 0.3) is 0 Å². The molecule has 0 fully saturated rings. The van der Waals surface area contributed by atoms with Crippen molar-refractivity contribution in [3.63, 3.8) is 0 Å². The number of ether oxygens (including phenoxy) is 1. The lowest BCUT2D eigenvalue weighted by Gasteiger charge is -2.12. The maximum absolute atomic E-state index is 13.8. The number of halogens is 2. The molecule has 5 heteroatoms. The summed E-state index contributed by atoms with van der Waals surface area (Å²) in [6.07, 6.45) is 0. The summed E-state index contributed by atoms with van der Waals surface area (Å²) in [6.45, 7) is 0. The number of nitrogens with zero attached hydrogens (tertiary/aromatic N) is 1. The second-order valence-corrected chi connectivity index (χ2v) is 5.21. The number of nitriles is 1. The number of hydrogen-bond donors (Lipinski definition) is 0. The van der Waals surface area contributed by atoms with Crippen LogP contribution in [0.5, 0.6) is 5.75 Å². The third-order valence-electron chi connectivity index (χ3n) is 3.04. The molecular weight excluding hydrogens is 337 g/mol. The van der Waals surface area contributed by atoms with Crippen molar-refractivity contribution < 1.29 is 13.9 Å². The van der Waals surface area contributed by atoms with E-state index in [9.17, 15) is 14.4 Å². The molecular formula is C16H11BrFNO2. The van der Waals surface area contributed by atoms with E-state index < -0.39 is 17.5 Å². The first-order valence-corrected chi connectivity index (χ1v) is 6.89. The molecule has 0 spiro atoms. The van der Waals surface area contributed by atoms with Crippen molar-refractivity contribution in [2.45, 2.75) is 5.92 Å². The van der Waals surface area contributed by atoms with Gasteiger partial charge in [0.05, 0.1) is 18.7 Å². The molecule has 0 aliphatic heterocycles. The van der Waals surface area contributed by atoms with Gasteiger partial charge in [0, 0.05) is 10.0 Å². The van der Waals surface area contributed by atoms with Crippen molar-refractivity contribution in [2.24, 2.45) is 0 Å². The average molecular weight is 348 g/mol. The van der Waals surface area contributed by atoms with Crippen LogP contribution in [-0.4, -0.2) is 12.9 Å². The first-order chi connectivity index (χ1) is 10.1. The van der Waals surface area contributed by atoms with Crippen LogP contribution in [0.4, 0.5) is 4.39 Å². The molecule has 0 saturated heterocycles. The van der Waals surface area contributed by atoms with Crippen molar-refractivity contribution in [2.75, 3.05) is 7.11 Å². The van der Waals surface area contributed by atoms with E-state index in [0.29, 0.717) is 5.75 Å². The van der Waals surface area contributed by atoms with Crippen molar-refractivity contribution in [1.29, 1.82) is 5.26 Å². The van der Waals surface area contributed by atoms with E-state index in [-0.39, 0.29) is 11.1 Å². The van der Waals surface area contributed by atoms with Crippen LogP contribution in [0, 0.1) is 17.1 Å². The predicted octanol–water partition coefficient (Wildman–Crippen LogP) is 4.09. The van der Waals surface area contributed by atoms with Crippen LogP contribution < -0.4 is 4.74 Å². The van der Waals surface area contributed by atoms with Gasteiger partial charge in [-0.25, -0.2) is 4.39 Å². The number of methoxy groups -OCH3 is 1. The lowest BCUT2D eigenvalue weighted by molar-refractivity contribution is 0.0974. The third kappa shape index (κ3) is 3.11. The SMILES string of the molecule is COc1cc(Br)ccc1C(=O)C(C#N)c1ccccc1F. The number of rotatable bonds is 4. The van der Waals surface area contributed by atoms with Crippen LogP contribution >= 0.6 is 15.9 Å². The standard InChI is InChI=1S/C16H11BrFNO2/c1-21-15-8-10(17)6-7-12(15)16(20)13(9-19)11-4-2-3-5-14(11)18/h2-8,13H,1H3. The van der Waals surface area contributed by atoms with Gasteiger partial charge in [-0.2, -0.15) is 5.26 Å². The zero-order valence-electron chi connectivity index (χ0n) is 11.1. The fourth-order valence-electron chi connectivity index (χ4n) is 2.00. The van der Waals surface area contributed by atoms with Crippen LogP contribution in [0.1, 0.15) is 21.8 Å². The van der Waals surface area contributed by atoms with Gasteiger partial charge < -0.3 is 4.74 Å². The number of ketones is 1. The van der Waals surface area contributed by atoms with Crippen LogP contribution in [0.2, 0.25) is 0 Å². The quantitative estimate of drug-likeness (QED) is 0.782. The van der Waals surface area contributed by atoms with Gasteiger partial charge in [-0.15, -0.1) is 0 Å². The Hall–Kier alpha value is -2.19. The lowest BCUT2D eigenvalue weighted by atomic mass is 9.91. The molecule has 0 aliphatic carbocycles. The van der Waals surface area contributed by atoms with Crippen LogP contribution in [0.15, 0.2) is 46.9 Å². The number of carbonyl (C=O) groups excluding carboxylic acids is 1. The van der Waals surface area contributed by atoms with Gasteiger partial charge in [-0.05, 0) is 24.3 Å². The zero-order valence-corrected chi connectivity index (χ0v) is 12.7. The maximum atomic E-state index is 13.8. The second kappa shape index (κ2) is 6.51. The van der Waals surface area contributed by atoms with E-state index in [1.165, 1.54) is 25.3 Å². The fraction of sp³-hybridized carbons (Fsp3) is 0.125. The van der Waals surface area contributed by atoms with E-state index >= 15 is 0 Å². The molecule has 0 aliphatic rings. The van der Waals surface area contributed by atoms with Crippen molar-refractivity contribution >= 4 is 21.7 Å². The summed E-state index contributed by atoms with van der Waals surface area (Å²) < 4.78 is 19.7. The molecule has 2 rings (SSSR count). The smallest absolute Gasteiger partial charge is 0.188 e. The normalized spacial score (nSPS) is 11.5. The molecule has 0 radical (unpaired) electrons. The Balaban J connectivity index is 2.48. The monoisotopic (exact) mass is 347 g/mol. The fourth-order valence-corrected chi connectivity index (χ4v) is 2.34. The summed E-state index contributed by atoms with van der Waals surface area (Å²) in [5.41, 5.74) is 0.311. The Bertz CT molecular complexity index is 724. The summed E-state index contributed by atoms with van der Waals surface area (Å²) in [4.78, 5) is 12.5. The molecule has 0 N–H and O–H groups in total. The first kappa shape index (κ1) is 15.2. The molecule has 0 heterocycles. The Morgan fingerprint density at radius 1 is 1.33 bits per heavy atom. The number of Topliss-reactive ketones (excluding diaryl/α,β-unsaturated/α-hetero) is 1. The second-order valence-electron chi connectivity index (χ2n) is 4.29. The molecule has 106 valence electrons. The molecule has 2 aromatic carbocycles. The Morgan fingerprint density at radius 2 is 2.05 bits per heavy atom. The summed E-state index contributed by atoms with van der Waals surface area (Å²) >= 11 is 3.28. The average Bonchev–Trinajstić information content (AvgIpc) is 2.49. The Labute approximate surface area is 130 Å². The highest BCUT2D eigenvalue weighted by Crippen LogP contribution is 2.29. The molecule has 2 aromatic rings. The highest BCUT2D eigenvalue weighted by Gasteiger charge is 2.26.